The van der Waals surface area contributed by atoms with Crippen molar-refractivity contribution in [3.63, 3.8) is 0 Å². The molecule has 128 valence electrons. The van der Waals surface area contributed by atoms with E-state index in [2.05, 4.69) is 85.9 Å². The largest absolute Gasteiger partial charge is 0.496 e. The first-order valence-corrected chi connectivity index (χ1v) is 8.69. The zero-order valence-electron chi connectivity index (χ0n) is 15.1. The Bertz CT molecular complexity index is 809. The van der Waals surface area contributed by atoms with Crippen molar-refractivity contribution >= 4 is 0 Å². The fraction of sp³-hybridized carbons (Fsp3) is 0.217. The Morgan fingerprint density at radius 2 is 1.64 bits per heavy atom. The van der Waals surface area contributed by atoms with E-state index in [0.29, 0.717) is 6.04 Å². The van der Waals surface area contributed by atoms with Crippen molar-refractivity contribution in [1.82, 2.24) is 5.32 Å². The summed E-state index contributed by atoms with van der Waals surface area (Å²) in [7, 11) is 1.72. The molecule has 0 amide bonds. The molecule has 3 aromatic rings. The fourth-order valence-electron chi connectivity index (χ4n) is 2.95. The van der Waals surface area contributed by atoms with Crippen molar-refractivity contribution in [2.45, 2.75) is 26.4 Å². The van der Waals surface area contributed by atoms with Crippen LogP contribution in [0.2, 0.25) is 0 Å². The Kier molecular flexibility index (Phi) is 5.52. The highest BCUT2D eigenvalue weighted by Gasteiger charge is 2.09. The number of nitrogens with one attached hydrogen (secondary N) is 1. The Hall–Kier alpha value is -2.58. The van der Waals surface area contributed by atoms with E-state index in [9.17, 15) is 0 Å². The highest BCUT2D eigenvalue weighted by atomic mass is 16.5. The minimum Gasteiger partial charge on any atom is -0.496 e. The van der Waals surface area contributed by atoms with Crippen molar-refractivity contribution in [1.29, 1.82) is 0 Å². The van der Waals surface area contributed by atoms with Crippen LogP contribution in [0.1, 0.15) is 29.7 Å². The molecule has 1 N–H and O–H groups in total. The molecule has 2 nitrogen and oxygen atoms in total. The molecule has 1 atom stereocenters. The smallest absolute Gasteiger partial charge is 0.126 e. The molecule has 2 heteroatoms. The number of ether oxygens (including phenoxy) is 1. The molecule has 0 fully saturated rings. The summed E-state index contributed by atoms with van der Waals surface area (Å²) in [5.74, 6) is 0.904. The maximum absolute atomic E-state index is 5.54. The van der Waals surface area contributed by atoms with Gasteiger partial charge in [0.25, 0.3) is 0 Å². The van der Waals surface area contributed by atoms with Crippen LogP contribution >= 0.6 is 0 Å². The van der Waals surface area contributed by atoms with Crippen LogP contribution in [0.3, 0.4) is 0 Å². The molecule has 1 unspecified atom stereocenters. The first-order valence-electron chi connectivity index (χ1n) is 8.69. The molecule has 0 aliphatic carbocycles. The number of benzene rings is 3. The molecule has 0 aliphatic heterocycles. The van der Waals surface area contributed by atoms with Gasteiger partial charge in [-0.25, -0.2) is 0 Å². The van der Waals surface area contributed by atoms with Crippen LogP contribution in [0.5, 0.6) is 5.75 Å². The number of aryl methyl sites for hydroxylation is 1. The maximum Gasteiger partial charge on any atom is 0.126 e. The van der Waals surface area contributed by atoms with Crippen LogP contribution in [0.4, 0.5) is 0 Å². The quantitative estimate of drug-likeness (QED) is 0.642. The van der Waals surface area contributed by atoms with Gasteiger partial charge in [-0.3, -0.25) is 0 Å². The van der Waals surface area contributed by atoms with E-state index in [4.69, 9.17) is 4.74 Å². The monoisotopic (exact) mass is 331 g/mol. The summed E-state index contributed by atoms with van der Waals surface area (Å²) in [6.07, 6.45) is 0. The van der Waals surface area contributed by atoms with Gasteiger partial charge in [-0.2, -0.15) is 0 Å². The van der Waals surface area contributed by atoms with Gasteiger partial charge >= 0.3 is 0 Å². The standard InChI is InChI=1S/C23H25NO/c1-17-9-12-20(13-10-17)18(2)24-16-19-11-14-23(25-3)22(15-19)21-7-5-4-6-8-21/h4-15,18,24H,16H2,1-3H3. The minimum atomic E-state index is 0.308. The predicted octanol–water partition coefficient (Wildman–Crippen LogP) is 5.52. The Labute approximate surface area is 150 Å². The second kappa shape index (κ2) is 8.00. The van der Waals surface area contributed by atoms with Crippen LogP contribution < -0.4 is 10.1 Å². The molecular formula is C23H25NO. The summed E-state index contributed by atoms with van der Waals surface area (Å²) in [6.45, 7) is 5.13. The summed E-state index contributed by atoms with van der Waals surface area (Å²) >= 11 is 0. The van der Waals surface area contributed by atoms with Crippen LogP contribution in [-0.2, 0) is 6.54 Å². The minimum absolute atomic E-state index is 0.308. The lowest BCUT2D eigenvalue weighted by molar-refractivity contribution is 0.416. The molecule has 25 heavy (non-hydrogen) atoms. The molecule has 3 aromatic carbocycles. The molecule has 0 aromatic heterocycles. The van der Waals surface area contributed by atoms with Gasteiger partial charge in [0.1, 0.15) is 5.75 Å². The Morgan fingerprint density at radius 3 is 2.32 bits per heavy atom. The van der Waals surface area contributed by atoms with Gasteiger partial charge in [-0.05, 0) is 42.7 Å². The summed E-state index contributed by atoms with van der Waals surface area (Å²) in [5.41, 5.74) is 6.15. The second-order valence-corrected chi connectivity index (χ2v) is 6.41. The maximum atomic E-state index is 5.54. The molecule has 0 saturated carbocycles. The lowest BCUT2D eigenvalue weighted by atomic mass is 10.0. The SMILES string of the molecule is COc1ccc(CNC(C)c2ccc(C)cc2)cc1-c1ccccc1. The van der Waals surface area contributed by atoms with E-state index in [-0.39, 0.29) is 0 Å². The Morgan fingerprint density at radius 1 is 0.920 bits per heavy atom. The summed E-state index contributed by atoms with van der Waals surface area (Å²) in [4.78, 5) is 0. The fourth-order valence-corrected chi connectivity index (χ4v) is 2.95. The molecule has 0 spiro atoms. The number of hydrogen-bond donors (Lipinski definition) is 1. The molecule has 0 heterocycles. The molecule has 0 radical (unpaired) electrons. The van der Waals surface area contributed by atoms with E-state index < -0.39 is 0 Å². The average molecular weight is 331 g/mol. The third kappa shape index (κ3) is 4.28. The molecule has 3 rings (SSSR count). The summed E-state index contributed by atoms with van der Waals surface area (Å²) in [6, 6.07) is 25.8. The zero-order valence-corrected chi connectivity index (χ0v) is 15.1. The number of methoxy groups -OCH3 is 1. The first kappa shape index (κ1) is 17.2. The number of hydrogen-bond acceptors (Lipinski definition) is 2. The highest BCUT2D eigenvalue weighted by molar-refractivity contribution is 5.71. The third-order valence-electron chi connectivity index (χ3n) is 4.54. The topological polar surface area (TPSA) is 21.3 Å². The van der Waals surface area contributed by atoms with E-state index >= 15 is 0 Å². The van der Waals surface area contributed by atoms with Gasteiger partial charge in [-0.15, -0.1) is 0 Å². The van der Waals surface area contributed by atoms with Gasteiger partial charge in [0.05, 0.1) is 7.11 Å². The lowest BCUT2D eigenvalue weighted by Crippen LogP contribution is -2.18. The Balaban J connectivity index is 1.76. The van der Waals surface area contributed by atoms with Crippen molar-refractivity contribution in [2.24, 2.45) is 0 Å². The summed E-state index contributed by atoms with van der Waals surface area (Å²) in [5, 5.41) is 3.61. The summed E-state index contributed by atoms with van der Waals surface area (Å²) < 4.78 is 5.54. The van der Waals surface area contributed by atoms with Crippen molar-refractivity contribution in [2.75, 3.05) is 7.11 Å². The molecular weight excluding hydrogens is 306 g/mol. The molecule has 0 aliphatic rings. The van der Waals surface area contributed by atoms with Gasteiger partial charge in [0, 0.05) is 18.2 Å². The van der Waals surface area contributed by atoms with Crippen molar-refractivity contribution in [3.05, 3.63) is 89.5 Å². The predicted molar refractivity (Wildman–Crippen MR) is 105 cm³/mol. The van der Waals surface area contributed by atoms with E-state index in [1.807, 2.05) is 6.07 Å². The average Bonchev–Trinajstić information content (AvgIpc) is 2.67. The van der Waals surface area contributed by atoms with Gasteiger partial charge in [0.15, 0.2) is 0 Å². The van der Waals surface area contributed by atoms with Crippen LogP contribution in [0.25, 0.3) is 11.1 Å². The molecule has 0 saturated heterocycles. The normalized spacial score (nSPS) is 12.0. The number of rotatable bonds is 6. The van der Waals surface area contributed by atoms with Crippen LogP contribution in [0, 0.1) is 6.92 Å². The first-order chi connectivity index (χ1) is 12.2. The van der Waals surface area contributed by atoms with Crippen molar-refractivity contribution in [3.8, 4) is 16.9 Å². The van der Waals surface area contributed by atoms with Crippen LogP contribution in [-0.4, -0.2) is 7.11 Å². The van der Waals surface area contributed by atoms with E-state index in [1.165, 1.54) is 22.3 Å². The van der Waals surface area contributed by atoms with Crippen molar-refractivity contribution < 1.29 is 4.74 Å². The van der Waals surface area contributed by atoms with Gasteiger partial charge in [-0.1, -0.05) is 66.2 Å². The third-order valence-corrected chi connectivity index (χ3v) is 4.54. The van der Waals surface area contributed by atoms with E-state index in [1.54, 1.807) is 7.11 Å². The zero-order chi connectivity index (χ0) is 17.6. The van der Waals surface area contributed by atoms with Crippen LogP contribution in [0.15, 0.2) is 72.8 Å². The lowest BCUT2D eigenvalue weighted by Gasteiger charge is -2.16. The van der Waals surface area contributed by atoms with E-state index in [0.717, 1.165) is 17.9 Å². The van der Waals surface area contributed by atoms with Gasteiger partial charge < -0.3 is 10.1 Å². The molecule has 0 bridgehead atoms. The second-order valence-electron chi connectivity index (χ2n) is 6.41. The van der Waals surface area contributed by atoms with Gasteiger partial charge in [0.2, 0.25) is 0 Å². The highest BCUT2D eigenvalue weighted by Crippen LogP contribution is 2.31.